The van der Waals surface area contributed by atoms with Crippen LogP contribution in [0.4, 0.5) is 0 Å². The Hall–Kier alpha value is -5.98. The third-order valence-corrected chi connectivity index (χ3v) is 10.5. The van der Waals surface area contributed by atoms with Crippen molar-refractivity contribution in [2.45, 2.75) is 25.3 Å². The van der Waals surface area contributed by atoms with Crippen molar-refractivity contribution in [2.24, 2.45) is 5.73 Å². The van der Waals surface area contributed by atoms with E-state index >= 15 is 0 Å². The van der Waals surface area contributed by atoms with Crippen LogP contribution in [0.25, 0.3) is 76.2 Å². The zero-order valence-electron chi connectivity index (χ0n) is 28.1. The van der Waals surface area contributed by atoms with E-state index in [1.165, 1.54) is 37.9 Å². The topological polar surface area (TPSA) is 76.4 Å². The van der Waals surface area contributed by atoms with Gasteiger partial charge in [0.25, 0.3) is 0 Å². The zero-order valence-corrected chi connectivity index (χ0v) is 28.1. The van der Waals surface area contributed by atoms with Crippen LogP contribution in [-0.4, -0.2) is 0 Å². The monoisotopic (exact) mass is 661 g/mol. The van der Waals surface area contributed by atoms with E-state index in [2.05, 4.69) is 127 Å². The van der Waals surface area contributed by atoms with Crippen molar-refractivity contribution in [1.82, 2.24) is 10.6 Å². The van der Waals surface area contributed by atoms with Crippen molar-refractivity contribution >= 4 is 76.2 Å². The molecule has 0 aliphatic heterocycles. The van der Waals surface area contributed by atoms with Crippen LogP contribution in [0.2, 0.25) is 0 Å². The molecule has 10 rings (SSSR count). The van der Waals surface area contributed by atoms with Crippen LogP contribution in [0, 0.1) is 0 Å². The van der Waals surface area contributed by atoms with E-state index in [1.54, 1.807) is 0 Å². The molecule has 51 heavy (non-hydrogen) atoms. The summed E-state index contributed by atoms with van der Waals surface area (Å²) in [6, 6.07) is 53.1. The number of rotatable bonds is 7. The van der Waals surface area contributed by atoms with Gasteiger partial charge in [-0.2, -0.15) is 0 Å². The second kappa shape index (κ2) is 11.8. The Morgan fingerprint density at radius 2 is 1.08 bits per heavy atom. The molecule has 10 aromatic rings. The summed E-state index contributed by atoms with van der Waals surface area (Å²) in [4.78, 5) is 0. The quantitative estimate of drug-likeness (QED) is 0.117. The van der Waals surface area contributed by atoms with Gasteiger partial charge in [0.1, 0.15) is 22.3 Å². The van der Waals surface area contributed by atoms with Crippen molar-refractivity contribution in [3.63, 3.8) is 0 Å². The summed E-state index contributed by atoms with van der Waals surface area (Å²) in [5, 5.41) is 19.5. The Balaban J connectivity index is 1.06. The SMILES string of the molecule is CC(NC(NC(N)c1cccc2oc3ccccc3c12)c1cccc2c1oc1ccccc12)c1ccc2c(ccc3c4ccccc4ccc23)c1. The average molecular weight is 662 g/mol. The van der Waals surface area contributed by atoms with Crippen molar-refractivity contribution in [3.05, 3.63) is 168 Å². The predicted octanol–water partition coefficient (Wildman–Crippen LogP) is 11.5. The first-order valence-electron chi connectivity index (χ1n) is 17.5. The van der Waals surface area contributed by atoms with E-state index in [0.717, 1.165) is 55.0 Å². The van der Waals surface area contributed by atoms with Gasteiger partial charge < -0.3 is 14.6 Å². The molecule has 246 valence electrons. The molecule has 0 saturated carbocycles. The maximum atomic E-state index is 7.13. The molecule has 0 radical (unpaired) electrons. The first-order chi connectivity index (χ1) is 25.1. The number of hydrogen-bond donors (Lipinski definition) is 3. The van der Waals surface area contributed by atoms with Crippen LogP contribution in [0.1, 0.15) is 42.0 Å². The number of nitrogens with two attached hydrogens (primary N) is 1. The molecule has 0 spiro atoms. The summed E-state index contributed by atoms with van der Waals surface area (Å²) in [5.74, 6) is 0. The van der Waals surface area contributed by atoms with Gasteiger partial charge in [0, 0.05) is 33.2 Å². The van der Waals surface area contributed by atoms with Gasteiger partial charge in [0.05, 0.1) is 12.3 Å². The molecule has 5 heteroatoms. The maximum Gasteiger partial charge on any atom is 0.141 e. The molecule has 2 heterocycles. The minimum Gasteiger partial charge on any atom is -0.456 e. The Bertz CT molecular complexity index is 2940. The van der Waals surface area contributed by atoms with Crippen LogP contribution in [0.15, 0.2) is 160 Å². The molecule has 2 aromatic heterocycles. The number of benzene rings is 8. The molecule has 3 atom stereocenters. The normalized spacial score (nSPS) is 14.0. The summed E-state index contributed by atoms with van der Waals surface area (Å²) in [6.45, 7) is 2.21. The van der Waals surface area contributed by atoms with Crippen molar-refractivity contribution in [3.8, 4) is 0 Å². The lowest BCUT2D eigenvalue weighted by Crippen LogP contribution is -2.41. The largest absolute Gasteiger partial charge is 0.456 e. The Labute approximate surface area is 294 Å². The van der Waals surface area contributed by atoms with Crippen LogP contribution >= 0.6 is 0 Å². The summed E-state index contributed by atoms with van der Waals surface area (Å²) < 4.78 is 12.8. The van der Waals surface area contributed by atoms with Gasteiger partial charge in [-0.1, -0.05) is 127 Å². The van der Waals surface area contributed by atoms with Crippen molar-refractivity contribution in [1.29, 1.82) is 0 Å². The third kappa shape index (κ3) is 4.89. The molecule has 0 aliphatic rings. The number of nitrogens with one attached hydrogen (secondary N) is 2. The van der Waals surface area contributed by atoms with E-state index < -0.39 is 6.17 Å². The van der Waals surface area contributed by atoms with E-state index in [1.807, 2.05) is 42.5 Å². The molecule has 0 aliphatic carbocycles. The fourth-order valence-electron chi connectivity index (χ4n) is 8.02. The number of para-hydroxylation sites is 3. The fourth-order valence-corrected chi connectivity index (χ4v) is 8.02. The van der Waals surface area contributed by atoms with Gasteiger partial charge in [-0.15, -0.1) is 0 Å². The molecule has 0 bridgehead atoms. The molecular formula is C46H35N3O2. The molecule has 8 aromatic carbocycles. The smallest absolute Gasteiger partial charge is 0.141 e. The Morgan fingerprint density at radius 3 is 1.92 bits per heavy atom. The Morgan fingerprint density at radius 1 is 0.471 bits per heavy atom. The highest BCUT2D eigenvalue weighted by atomic mass is 16.3. The minimum absolute atomic E-state index is 0.0309. The van der Waals surface area contributed by atoms with Crippen LogP contribution in [-0.2, 0) is 0 Å². The van der Waals surface area contributed by atoms with Gasteiger partial charge >= 0.3 is 0 Å². The average Bonchev–Trinajstić information content (AvgIpc) is 3.76. The predicted molar refractivity (Wildman–Crippen MR) is 211 cm³/mol. The van der Waals surface area contributed by atoms with E-state index in [9.17, 15) is 0 Å². The van der Waals surface area contributed by atoms with E-state index in [4.69, 9.17) is 14.6 Å². The standard InChI is InChI=1S/C46H35N3O2/c1-27(29-21-23-32-30(26-29)22-25-33-31-11-3-2-10-28(31)20-24-34(32)33)48-46(39-16-8-14-36-35-12-4-6-17-40(35)51-44(36)39)49-45(47)38-15-9-19-42-43(38)37-13-5-7-18-41(37)50-42/h2-27,45-46,48-49H,47H2,1H3. The Kier molecular flexibility index (Phi) is 6.93. The van der Waals surface area contributed by atoms with Gasteiger partial charge in [-0.3, -0.25) is 10.6 Å². The maximum absolute atomic E-state index is 7.13. The molecule has 0 saturated heterocycles. The van der Waals surface area contributed by atoms with Crippen molar-refractivity contribution < 1.29 is 8.83 Å². The van der Waals surface area contributed by atoms with Gasteiger partial charge in [0.15, 0.2) is 0 Å². The molecule has 4 N–H and O–H groups in total. The lowest BCUT2D eigenvalue weighted by atomic mass is 9.95. The molecule has 0 fully saturated rings. The van der Waals surface area contributed by atoms with Crippen LogP contribution in [0.5, 0.6) is 0 Å². The molecular weight excluding hydrogens is 627 g/mol. The zero-order chi connectivity index (χ0) is 34.1. The third-order valence-electron chi connectivity index (χ3n) is 10.5. The van der Waals surface area contributed by atoms with Gasteiger partial charge in [0.2, 0.25) is 0 Å². The van der Waals surface area contributed by atoms with E-state index in [-0.39, 0.29) is 12.2 Å². The van der Waals surface area contributed by atoms with Gasteiger partial charge in [-0.25, -0.2) is 0 Å². The summed E-state index contributed by atoms with van der Waals surface area (Å²) >= 11 is 0. The number of fused-ring (bicyclic) bond motifs is 11. The lowest BCUT2D eigenvalue weighted by Gasteiger charge is -2.29. The highest BCUT2D eigenvalue weighted by molar-refractivity contribution is 6.17. The van der Waals surface area contributed by atoms with E-state index in [0.29, 0.717) is 0 Å². The number of furan rings is 2. The van der Waals surface area contributed by atoms with Crippen LogP contribution in [0.3, 0.4) is 0 Å². The highest BCUT2D eigenvalue weighted by Gasteiger charge is 2.25. The highest BCUT2D eigenvalue weighted by Crippen LogP contribution is 2.37. The summed E-state index contributed by atoms with van der Waals surface area (Å²) in [7, 11) is 0. The first kappa shape index (κ1) is 29.9. The first-order valence-corrected chi connectivity index (χ1v) is 17.5. The second-order valence-electron chi connectivity index (χ2n) is 13.5. The molecule has 0 amide bonds. The molecule has 5 nitrogen and oxygen atoms in total. The van der Waals surface area contributed by atoms with Crippen molar-refractivity contribution in [2.75, 3.05) is 0 Å². The summed E-state index contributed by atoms with van der Waals surface area (Å²) in [5.41, 5.74) is 13.6. The fraction of sp³-hybridized carbons (Fsp3) is 0.0870. The van der Waals surface area contributed by atoms with Gasteiger partial charge in [-0.05, 0) is 74.6 Å². The minimum atomic E-state index is -0.517. The number of hydrogen-bond acceptors (Lipinski definition) is 5. The second-order valence-corrected chi connectivity index (χ2v) is 13.5. The molecule has 3 unspecified atom stereocenters. The van der Waals surface area contributed by atoms with Crippen LogP contribution < -0.4 is 16.4 Å². The lowest BCUT2D eigenvalue weighted by molar-refractivity contribution is 0.357. The summed E-state index contributed by atoms with van der Waals surface area (Å²) in [6.07, 6.45) is -0.872.